The van der Waals surface area contributed by atoms with Crippen LogP contribution in [0.15, 0.2) is 0 Å². The second kappa shape index (κ2) is 6.88. The molecule has 1 heterocycles. The van der Waals surface area contributed by atoms with E-state index >= 15 is 0 Å². The summed E-state index contributed by atoms with van der Waals surface area (Å²) in [6.45, 7) is -0.936. The highest BCUT2D eigenvalue weighted by molar-refractivity contribution is 5.82. The molecule has 7 nitrogen and oxygen atoms in total. The van der Waals surface area contributed by atoms with Gasteiger partial charge in [0.15, 0.2) is 6.29 Å². The zero-order valence-corrected chi connectivity index (χ0v) is 11.1. The predicted octanol–water partition coefficient (Wildman–Crippen LogP) is -0.820. The lowest BCUT2D eigenvalue weighted by Gasteiger charge is -2.37. The van der Waals surface area contributed by atoms with Gasteiger partial charge in [0.05, 0.1) is 6.04 Å². The smallest absolute Gasteiger partial charge is 0.388 e. The van der Waals surface area contributed by atoms with Crippen LogP contribution in [0, 0.1) is 0 Å². The third-order valence-corrected chi connectivity index (χ3v) is 2.88. The van der Waals surface area contributed by atoms with Crippen LogP contribution in [0.1, 0.15) is 6.42 Å². The zero-order valence-electron chi connectivity index (χ0n) is 11.1. The van der Waals surface area contributed by atoms with Crippen molar-refractivity contribution in [1.29, 1.82) is 0 Å². The number of ether oxygens (including phenoxy) is 1. The fourth-order valence-electron chi connectivity index (χ4n) is 1.81. The fraction of sp³-hybridized carbons (Fsp3) is 0.800. The average molecular weight is 354 g/mol. The molecule has 134 valence electrons. The highest BCUT2D eigenvalue weighted by Gasteiger charge is 2.45. The molecule has 4 atom stereocenters. The summed E-state index contributed by atoms with van der Waals surface area (Å²) >= 11 is 0. The van der Waals surface area contributed by atoms with E-state index in [1.165, 1.54) is 10.6 Å². The summed E-state index contributed by atoms with van der Waals surface area (Å²) in [5.74, 6) is -4.75. The molecule has 1 rings (SSSR count). The Hall–Kier alpha value is -1.60. The first-order valence-electron chi connectivity index (χ1n) is 6.06. The predicted molar refractivity (Wildman–Crippen MR) is 58.6 cm³/mol. The summed E-state index contributed by atoms with van der Waals surface area (Å²) in [7, 11) is 0. The van der Waals surface area contributed by atoms with Crippen LogP contribution in [-0.2, 0) is 14.3 Å². The largest absolute Gasteiger partial charge is 0.471 e. The summed E-state index contributed by atoms with van der Waals surface area (Å²) in [4.78, 5) is 21.4. The third kappa shape index (κ3) is 5.51. The van der Waals surface area contributed by atoms with Gasteiger partial charge in [-0.05, 0) is 0 Å². The van der Waals surface area contributed by atoms with Crippen molar-refractivity contribution in [2.75, 3.05) is 6.54 Å². The van der Waals surface area contributed by atoms with Crippen molar-refractivity contribution in [3.8, 4) is 0 Å². The summed E-state index contributed by atoms with van der Waals surface area (Å²) in [5.41, 5.74) is 0. The molecular formula is C10H12F6N2O5. The van der Waals surface area contributed by atoms with E-state index in [0.29, 0.717) is 0 Å². The molecule has 23 heavy (non-hydrogen) atoms. The van der Waals surface area contributed by atoms with E-state index in [-0.39, 0.29) is 0 Å². The lowest BCUT2D eigenvalue weighted by atomic mass is 9.98. The summed E-state index contributed by atoms with van der Waals surface area (Å²) < 4.78 is 77.1. The van der Waals surface area contributed by atoms with Crippen molar-refractivity contribution in [3.63, 3.8) is 0 Å². The van der Waals surface area contributed by atoms with Crippen LogP contribution < -0.4 is 10.6 Å². The highest BCUT2D eigenvalue weighted by atomic mass is 19.4. The van der Waals surface area contributed by atoms with Crippen molar-refractivity contribution >= 4 is 11.8 Å². The summed E-state index contributed by atoms with van der Waals surface area (Å²) in [6, 6.07) is -1.62. The van der Waals surface area contributed by atoms with Crippen LogP contribution >= 0.6 is 0 Å². The fourth-order valence-corrected chi connectivity index (χ4v) is 1.81. The summed E-state index contributed by atoms with van der Waals surface area (Å²) in [6.07, 6.45) is -16.3. The molecule has 1 fully saturated rings. The number of aliphatic hydroxyl groups excluding tert-OH is 2. The van der Waals surface area contributed by atoms with Gasteiger partial charge in [-0.3, -0.25) is 9.59 Å². The first kappa shape index (κ1) is 19.4. The van der Waals surface area contributed by atoms with Gasteiger partial charge in [0.25, 0.3) is 0 Å². The number of carbonyl (C=O) groups is 2. The Balaban J connectivity index is 2.68. The molecular weight excluding hydrogens is 342 g/mol. The SMILES string of the molecule is O=C(NC[C@H]1O[C@H](O)C[C@H](NC(=O)C(F)(F)F)[C@@H]1O)C(F)(F)F. The van der Waals surface area contributed by atoms with Crippen LogP contribution in [-0.4, -0.2) is 65.5 Å². The van der Waals surface area contributed by atoms with Gasteiger partial charge in [-0.15, -0.1) is 0 Å². The lowest BCUT2D eigenvalue weighted by Crippen LogP contribution is -2.60. The van der Waals surface area contributed by atoms with E-state index in [1.807, 2.05) is 0 Å². The molecule has 0 aliphatic carbocycles. The molecule has 0 radical (unpaired) electrons. The molecule has 0 aromatic carbocycles. The number of rotatable bonds is 3. The molecule has 13 heteroatoms. The Kier molecular flexibility index (Phi) is 5.82. The molecule has 0 spiro atoms. The number of halogens is 6. The van der Waals surface area contributed by atoms with Crippen LogP contribution in [0.2, 0.25) is 0 Å². The van der Waals surface area contributed by atoms with E-state index in [1.54, 1.807) is 0 Å². The molecule has 0 unspecified atom stereocenters. The Labute approximate surface area is 124 Å². The minimum absolute atomic E-state index is 0.618. The number of hydrogen-bond donors (Lipinski definition) is 4. The van der Waals surface area contributed by atoms with Gasteiger partial charge in [-0.2, -0.15) is 26.3 Å². The van der Waals surface area contributed by atoms with Gasteiger partial charge >= 0.3 is 24.2 Å². The Morgan fingerprint density at radius 1 is 1.04 bits per heavy atom. The number of nitrogens with one attached hydrogen (secondary N) is 2. The molecule has 1 aliphatic heterocycles. The summed E-state index contributed by atoms with van der Waals surface area (Å²) in [5, 5.41) is 21.8. The van der Waals surface area contributed by atoms with Gasteiger partial charge in [0.2, 0.25) is 0 Å². The number of amides is 2. The lowest BCUT2D eigenvalue weighted by molar-refractivity contribution is -0.212. The molecule has 4 N–H and O–H groups in total. The van der Waals surface area contributed by atoms with Crippen molar-refractivity contribution in [2.24, 2.45) is 0 Å². The Morgan fingerprint density at radius 2 is 1.57 bits per heavy atom. The Bertz CT molecular complexity index is 454. The normalized spacial score (nSPS) is 29.0. The molecule has 1 aliphatic rings. The number of carbonyl (C=O) groups excluding carboxylic acids is 2. The van der Waals surface area contributed by atoms with Gasteiger partial charge in [-0.25, -0.2) is 0 Å². The van der Waals surface area contributed by atoms with Crippen molar-refractivity contribution in [2.45, 2.75) is 43.3 Å². The maximum atomic E-state index is 12.1. The first-order valence-corrected chi connectivity index (χ1v) is 6.06. The molecule has 0 aromatic rings. The van der Waals surface area contributed by atoms with Crippen LogP contribution in [0.25, 0.3) is 0 Å². The Morgan fingerprint density at radius 3 is 2.04 bits per heavy atom. The van der Waals surface area contributed by atoms with Crippen molar-refractivity contribution < 1.29 is 50.9 Å². The monoisotopic (exact) mass is 354 g/mol. The minimum Gasteiger partial charge on any atom is -0.388 e. The molecule has 1 saturated heterocycles. The van der Waals surface area contributed by atoms with Crippen LogP contribution in [0.3, 0.4) is 0 Å². The topological polar surface area (TPSA) is 108 Å². The number of aliphatic hydroxyl groups is 2. The average Bonchev–Trinajstić information content (AvgIpc) is 2.38. The van der Waals surface area contributed by atoms with Gasteiger partial charge in [-0.1, -0.05) is 0 Å². The van der Waals surface area contributed by atoms with Crippen LogP contribution in [0.4, 0.5) is 26.3 Å². The molecule has 2 amide bonds. The van der Waals surface area contributed by atoms with E-state index in [4.69, 9.17) is 0 Å². The minimum atomic E-state index is -5.25. The van der Waals surface area contributed by atoms with Gasteiger partial charge in [0, 0.05) is 13.0 Å². The quantitative estimate of drug-likeness (QED) is 0.496. The van der Waals surface area contributed by atoms with E-state index < -0.39 is 61.7 Å². The van der Waals surface area contributed by atoms with Gasteiger partial charge in [0.1, 0.15) is 12.2 Å². The number of hydrogen-bond acceptors (Lipinski definition) is 5. The maximum absolute atomic E-state index is 12.1. The second-order valence-corrected chi connectivity index (χ2v) is 4.64. The van der Waals surface area contributed by atoms with Crippen molar-refractivity contribution in [1.82, 2.24) is 10.6 Å². The van der Waals surface area contributed by atoms with Crippen LogP contribution in [0.5, 0.6) is 0 Å². The second-order valence-electron chi connectivity index (χ2n) is 4.64. The van der Waals surface area contributed by atoms with Gasteiger partial charge < -0.3 is 25.6 Å². The molecule has 0 aromatic heterocycles. The third-order valence-electron chi connectivity index (χ3n) is 2.88. The standard InChI is InChI=1S/C10H12F6N2O5/c11-9(12,13)7(21)17-2-4-6(20)3(1-5(19)23-4)18-8(22)10(14,15)16/h3-6,19-20H,1-2H2,(H,17,21)(H,18,22)/t3-,4+,5-,6-/m0/s1. The zero-order chi connectivity index (χ0) is 18.0. The van der Waals surface area contributed by atoms with E-state index in [0.717, 1.165) is 0 Å². The first-order chi connectivity index (χ1) is 10.3. The molecule has 0 saturated carbocycles. The highest BCUT2D eigenvalue weighted by Crippen LogP contribution is 2.22. The van der Waals surface area contributed by atoms with E-state index in [9.17, 15) is 46.1 Å². The maximum Gasteiger partial charge on any atom is 0.471 e. The van der Waals surface area contributed by atoms with E-state index in [2.05, 4.69) is 4.74 Å². The molecule has 0 bridgehead atoms. The number of alkyl halides is 6. The van der Waals surface area contributed by atoms with Crippen molar-refractivity contribution in [3.05, 3.63) is 0 Å².